The van der Waals surface area contributed by atoms with Crippen molar-refractivity contribution in [3.05, 3.63) is 88.7 Å². The summed E-state index contributed by atoms with van der Waals surface area (Å²) in [5.74, 6) is -0.299. The molecule has 0 aromatic heterocycles. The summed E-state index contributed by atoms with van der Waals surface area (Å²) in [4.78, 5) is 27.1. The molecule has 1 aliphatic heterocycles. The summed E-state index contributed by atoms with van der Waals surface area (Å²) in [6.07, 6.45) is 5.52. The minimum Gasteiger partial charge on any atom is -0.449 e. The van der Waals surface area contributed by atoms with Gasteiger partial charge in [0.25, 0.3) is 6.47 Å². The third-order valence-electron chi connectivity index (χ3n) is 6.12. The van der Waals surface area contributed by atoms with Crippen LogP contribution in [0, 0.1) is 0 Å². The van der Waals surface area contributed by atoms with Gasteiger partial charge in [0.05, 0.1) is 5.71 Å². The van der Waals surface area contributed by atoms with Crippen LogP contribution in [0.1, 0.15) is 24.0 Å². The molecular weight excluding hydrogens is 430 g/mol. The zero-order valence-electron chi connectivity index (χ0n) is 18.7. The molecule has 2 aromatic carbocycles. The number of nitrogen functional groups attached to an aromatic ring is 1. The quantitative estimate of drug-likeness (QED) is 0.300. The van der Waals surface area contributed by atoms with Crippen molar-refractivity contribution in [2.75, 3.05) is 5.73 Å². The minimum atomic E-state index is -2.12. The standard InChI is InChI=1S/C26H27N3O3Si/c1-33(2)22-14-18(27)8-10-20(22)26(17-6-4-3-5-7-17)21-11-9-19(15-23(21)33)29-25(31)13-12-24(28)32-16-30/h3-11,14-16,24H,12-13,27-28H2,1-2H3/t24-/m1/s1. The highest BCUT2D eigenvalue weighted by Crippen LogP contribution is 2.41. The highest BCUT2D eigenvalue weighted by Gasteiger charge is 2.39. The molecule has 1 heterocycles. The van der Waals surface area contributed by atoms with Gasteiger partial charge in [-0.1, -0.05) is 55.6 Å². The van der Waals surface area contributed by atoms with Crippen molar-refractivity contribution in [2.24, 2.45) is 10.7 Å². The van der Waals surface area contributed by atoms with Crippen LogP contribution in [-0.4, -0.2) is 32.4 Å². The predicted octanol–water partition coefficient (Wildman–Crippen LogP) is 3.24. The van der Waals surface area contributed by atoms with Crippen molar-refractivity contribution in [1.29, 1.82) is 0 Å². The van der Waals surface area contributed by atoms with E-state index in [1.54, 1.807) is 0 Å². The molecule has 6 nitrogen and oxygen atoms in total. The summed E-state index contributed by atoms with van der Waals surface area (Å²) in [5.41, 5.74) is 17.9. The Kier molecular flexibility index (Phi) is 6.26. The third kappa shape index (κ3) is 4.51. The zero-order valence-corrected chi connectivity index (χ0v) is 19.7. The molecule has 4 N–H and O–H groups in total. The number of anilines is 1. The lowest BCUT2D eigenvalue weighted by molar-refractivity contribution is -0.134. The first-order chi connectivity index (χ1) is 15.8. The van der Waals surface area contributed by atoms with Gasteiger partial charge in [-0.3, -0.25) is 15.3 Å². The predicted molar refractivity (Wildman–Crippen MR) is 134 cm³/mol. The first-order valence-corrected chi connectivity index (χ1v) is 13.9. The molecule has 1 atom stereocenters. The van der Waals surface area contributed by atoms with E-state index in [0.29, 0.717) is 5.71 Å². The molecule has 0 bridgehead atoms. The van der Waals surface area contributed by atoms with Crippen molar-refractivity contribution in [3.63, 3.8) is 0 Å². The molecule has 4 rings (SSSR count). The Balaban J connectivity index is 1.78. The van der Waals surface area contributed by atoms with Crippen LogP contribution >= 0.6 is 0 Å². The monoisotopic (exact) mass is 457 g/mol. The SMILES string of the molecule is C[Si]1(C)C2=CC(=NC(=O)CC[C@H](N)OC=O)C=CC2=C(c2ccccc2)c2ccc(N)cc21. The average Bonchev–Trinajstić information content (AvgIpc) is 2.80. The molecule has 0 saturated heterocycles. The molecule has 2 aliphatic rings. The fourth-order valence-electron chi connectivity index (χ4n) is 4.44. The molecule has 0 saturated carbocycles. The number of hydrogen-bond acceptors (Lipinski definition) is 5. The van der Waals surface area contributed by atoms with E-state index in [1.165, 1.54) is 27.1 Å². The second-order valence-corrected chi connectivity index (χ2v) is 13.0. The van der Waals surface area contributed by atoms with Crippen LogP contribution in [-0.2, 0) is 14.3 Å². The number of carbonyl (C=O) groups is 2. The molecule has 1 aliphatic carbocycles. The molecule has 7 heteroatoms. The summed E-state index contributed by atoms with van der Waals surface area (Å²) < 4.78 is 4.64. The lowest BCUT2D eigenvalue weighted by Gasteiger charge is -2.38. The van der Waals surface area contributed by atoms with Crippen LogP contribution in [0.5, 0.6) is 0 Å². The molecule has 2 aromatic rings. The number of hydrogen-bond donors (Lipinski definition) is 2. The molecule has 0 radical (unpaired) electrons. The van der Waals surface area contributed by atoms with E-state index >= 15 is 0 Å². The maximum absolute atomic E-state index is 12.4. The second-order valence-electron chi connectivity index (χ2n) is 8.72. The van der Waals surface area contributed by atoms with Gasteiger partial charge in [-0.2, -0.15) is 0 Å². The van der Waals surface area contributed by atoms with Gasteiger partial charge < -0.3 is 10.5 Å². The molecule has 168 valence electrons. The summed E-state index contributed by atoms with van der Waals surface area (Å²) in [6, 6.07) is 16.5. The van der Waals surface area contributed by atoms with Crippen LogP contribution in [0.15, 0.2) is 82.5 Å². The first kappa shape index (κ1) is 22.6. The van der Waals surface area contributed by atoms with Gasteiger partial charge in [0.1, 0.15) is 8.07 Å². The number of allylic oxidation sites excluding steroid dienone is 5. The molecule has 0 fully saturated rings. The second kappa shape index (κ2) is 9.13. The van der Waals surface area contributed by atoms with E-state index in [4.69, 9.17) is 11.5 Å². The number of amides is 1. The fraction of sp³-hybridized carbons (Fsp3) is 0.192. The fourth-order valence-corrected chi connectivity index (χ4v) is 7.53. The number of benzene rings is 2. The van der Waals surface area contributed by atoms with E-state index in [-0.39, 0.29) is 25.2 Å². The van der Waals surface area contributed by atoms with Crippen molar-refractivity contribution in [2.45, 2.75) is 32.2 Å². The van der Waals surface area contributed by atoms with Crippen LogP contribution < -0.4 is 16.7 Å². The van der Waals surface area contributed by atoms with E-state index in [1.807, 2.05) is 36.4 Å². The van der Waals surface area contributed by atoms with Gasteiger partial charge in [0.15, 0.2) is 6.23 Å². The van der Waals surface area contributed by atoms with Gasteiger partial charge in [-0.25, -0.2) is 4.99 Å². The molecule has 0 unspecified atom stereocenters. The molecule has 33 heavy (non-hydrogen) atoms. The van der Waals surface area contributed by atoms with E-state index < -0.39 is 14.3 Å². The van der Waals surface area contributed by atoms with Crippen molar-refractivity contribution in [3.8, 4) is 0 Å². The minimum absolute atomic E-state index is 0.105. The third-order valence-corrected chi connectivity index (χ3v) is 9.64. The smallest absolute Gasteiger partial charge is 0.294 e. The Morgan fingerprint density at radius 1 is 1.15 bits per heavy atom. The van der Waals surface area contributed by atoms with Gasteiger partial charge in [0, 0.05) is 18.5 Å². The van der Waals surface area contributed by atoms with Gasteiger partial charge in [-0.15, -0.1) is 0 Å². The summed E-state index contributed by atoms with van der Waals surface area (Å²) >= 11 is 0. The molecular formula is C26H27N3O3Si. The summed E-state index contributed by atoms with van der Waals surface area (Å²) in [6.45, 7) is 4.88. The summed E-state index contributed by atoms with van der Waals surface area (Å²) in [7, 11) is -2.12. The highest BCUT2D eigenvalue weighted by molar-refractivity contribution is 6.98. The largest absolute Gasteiger partial charge is 0.449 e. The van der Waals surface area contributed by atoms with Gasteiger partial charge in [-0.05, 0) is 56.9 Å². The number of nitrogens with zero attached hydrogens (tertiary/aromatic N) is 1. The maximum Gasteiger partial charge on any atom is 0.294 e. The summed E-state index contributed by atoms with van der Waals surface area (Å²) in [5, 5.41) is 2.49. The van der Waals surface area contributed by atoms with Crippen molar-refractivity contribution >= 4 is 42.6 Å². The Hall–Kier alpha value is -3.55. The van der Waals surface area contributed by atoms with E-state index in [0.717, 1.165) is 11.3 Å². The lowest BCUT2D eigenvalue weighted by Crippen LogP contribution is -2.49. The van der Waals surface area contributed by atoms with Gasteiger partial charge in [0.2, 0.25) is 5.91 Å². The number of aliphatic imine (C=N–C) groups is 1. The molecule has 1 amide bonds. The topological polar surface area (TPSA) is 108 Å². The zero-order chi connectivity index (χ0) is 23.6. The lowest BCUT2D eigenvalue weighted by atomic mass is 9.90. The van der Waals surface area contributed by atoms with Crippen molar-refractivity contribution in [1.82, 2.24) is 0 Å². The van der Waals surface area contributed by atoms with Crippen LogP contribution in [0.4, 0.5) is 5.69 Å². The molecule has 0 spiro atoms. The van der Waals surface area contributed by atoms with Crippen LogP contribution in [0.2, 0.25) is 13.1 Å². The van der Waals surface area contributed by atoms with Gasteiger partial charge >= 0.3 is 0 Å². The number of ether oxygens (including phenoxy) is 1. The number of fused-ring (bicyclic) bond motifs is 2. The van der Waals surface area contributed by atoms with Crippen LogP contribution in [0.3, 0.4) is 0 Å². The number of carbonyl (C=O) groups excluding carboxylic acids is 2. The first-order valence-electron chi connectivity index (χ1n) is 10.9. The maximum atomic E-state index is 12.4. The van der Waals surface area contributed by atoms with Crippen LogP contribution in [0.25, 0.3) is 5.57 Å². The Morgan fingerprint density at radius 2 is 1.91 bits per heavy atom. The number of nitrogens with two attached hydrogens (primary N) is 2. The normalized spacial score (nSPS) is 18.3. The average molecular weight is 458 g/mol. The van der Waals surface area contributed by atoms with Crippen molar-refractivity contribution < 1.29 is 14.3 Å². The van der Waals surface area contributed by atoms with E-state index in [2.05, 4.69) is 53.2 Å². The number of rotatable bonds is 6. The Bertz CT molecular complexity index is 1230. The highest BCUT2D eigenvalue weighted by atomic mass is 28.3. The van der Waals surface area contributed by atoms with E-state index in [9.17, 15) is 9.59 Å². The Labute approximate surface area is 194 Å². The Morgan fingerprint density at radius 3 is 2.64 bits per heavy atom.